The van der Waals surface area contributed by atoms with E-state index in [1.54, 1.807) is 24.6 Å². The summed E-state index contributed by atoms with van der Waals surface area (Å²) in [6, 6.07) is 18.1. The lowest BCUT2D eigenvalue weighted by Gasteiger charge is -2.37. The van der Waals surface area contributed by atoms with Crippen molar-refractivity contribution in [1.29, 1.82) is 0 Å². The Hall–Kier alpha value is -2.44. The first kappa shape index (κ1) is 22.4. The van der Waals surface area contributed by atoms with Crippen molar-refractivity contribution in [1.82, 2.24) is 4.98 Å². The van der Waals surface area contributed by atoms with Gasteiger partial charge in [0.1, 0.15) is 11.4 Å². The van der Waals surface area contributed by atoms with Gasteiger partial charge in [-0.15, -0.1) is 11.3 Å². The Balaban J connectivity index is 1.47. The topological polar surface area (TPSA) is 69.7 Å². The third-order valence-electron chi connectivity index (χ3n) is 5.82. The lowest BCUT2D eigenvalue weighted by Crippen LogP contribution is -2.31. The monoisotopic (exact) mass is 482 g/mol. The lowest BCUT2D eigenvalue weighted by atomic mass is 9.97. The first-order chi connectivity index (χ1) is 15.9. The van der Waals surface area contributed by atoms with Crippen LogP contribution in [0.15, 0.2) is 60.8 Å². The van der Waals surface area contributed by atoms with Crippen LogP contribution >= 0.6 is 18.9 Å². The third kappa shape index (κ3) is 4.64. The number of fused-ring (bicyclic) bond motifs is 2. The van der Waals surface area contributed by atoms with Gasteiger partial charge in [0.2, 0.25) is 0 Å². The van der Waals surface area contributed by atoms with Crippen LogP contribution in [0.2, 0.25) is 0 Å². The molecule has 1 aliphatic rings. The van der Waals surface area contributed by atoms with E-state index in [0.717, 1.165) is 37.3 Å². The molecule has 33 heavy (non-hydrogen) atoms. The number of rotatable bonds is 6. The van der Waals surface area contributed by atoms with Crippen LogP contribution in [-0.2, 0) is 13.6 Å². The van der Waals surface area contributed by atoms with Crippen LogP contribution in [0.25, 0.3) is 21.0 Å². The van der Waals surface area contributed by atoms with Gasteiger partial charge < -0.3 is 19.1 Å². The number of hydrogen-bond acceptors (Lipinski definition) is 7. The van der Waals surface area contributed by atoms with Gasteiger partial charge in [-0.3, -0.25) is 9.55 Å². The molecule has 0 radical (unpaired) electrons. The number of nitrogens with zero attached hydrogens (tertiary/aromatic N) is 1. The Morgan fingerprint density at radius 3 is 2.70 bits per heavy atom. The van der Waals surface area contributed by atoms with Crippen LogP contribution in [0.5, 0.6) is 5.75 Å². The molecule has 4 aromatic rings. The van der Waals surface area contributed by atoms with E-state index < -0.39 is 13.3 Å². The summed E-state index contributed by atoms with van der Waals surface area (Å²) < 4.78 is 32.3. The second-order valence-electron chi connectivity index (χ2n) is 9.12. The number of methoxy groups -OCH3 is 1. The van der Waals surface area contributed by atoms with Gasteiger partial charge in [-0.2, -0.15) is 0 Å². The molecule has 0 spiro atoms. The van der Waals surface area contributed by atoms with Crippen molar-refractivity contribution >= 4 is 45.6 Å². The minimum atomic E-state index is -3.39. The molecule has 5 rings (SSSR count). The van der Waals surface area contributed by atoms with Crippen molar-refractivity contribution < 1.29 is 18.3 Å². The normalized spacial score (nSPS) is 18.3. The smallest absolute Gasteiger partial charge is 0.340 e. The van der Waals surface area contributed by atoms with Crippen LogP contribution < -0.4 is 10.1 Å². The molecule has 2 aromatic carbocycles. The molecule has 2 aromatic heterocycles. The second-order valence-corrected chi connectivity index (χ2v) is 12.5. The first-order valence-electron chi connectivity index (χ1n) is 10.9. The summed E-state index contributed by atoms with van der Waals surface area (Å²) in [5.74, 6) is 0.798. The molecule has 172 valence electrons. The SMILES string of the molecule is COc1ccc2cc(C(CNc3cnc4ccccc4c3)P3(=O)OCC(C)(C)CO3)sc2c1. The van der Waals surface area contributed by atoms with Gasteiger partial charge in [-0.05, 0) is 41.8 Å². The number of para-hydroxylation sites is 1. The fraction of sp³-hybridized carbons (Fsp3) is 0.320. The number of anilines is 1. The standard InChI is InChI=1S/C25H27N2O4PS/c1-25(2)15-30-32(28,31-16-25)22(24-11-18-8-9-20(29-3)12-23(18)33-24)14-26-19-10-17-6-4-5-7-21(17)27-13-19/h4-13,22,26H,14-16H2,1-3H3. The highest BCUT2D eigenvalue weighted by Crippen LogP contribution is 2.65. The Labute approximate surface area is 197 Å². The highest BCUT2D eigenvalue weighted by molar-refractivity contribution is 7.54. The van der Waals surface area contributed by atoms with E-state index in [4.69, 9.17) is 13.8 Å². The predicted octanol–water partition coefficient (Wildman–Crippen LogP) is 6.88. The number of hydrogen-bond donors (Lipinski definition) is 1. The van der Waals surface area contributed by atoms with E-state index >= 15 is 0 Å². The molecule has 1 aliphatic heterocycles. The molecule has 6 nitrogen and oxygen atoms in total. The second kappa shape index (κ2) is 8.73. The number of aromatic nitrogens is 1. The Kier molecular flexibility index (Phi) is 5.91. The molecule has 0 saturated carbocycles. The van der Waals surface area contributed by atoms with E-state index in [1.807, 2.05) is 42.5 Å². The van der Waals surface area contributed by atoms with E-state index in [0.29, 0.717) is 19.8 Å². The van der Waals surface area contributed by atoms with E-state index in [2.05, 4.69) is 36.3 Å². The fourth-order valence-electron chi connectivity index (χ4n) is 3.86. The van der Waals surface area contributed by atoms with Gasteiger partial charge in [0, 0.05) is 26.9 Å². The minimum absolute atomic E-state index is 0.165. The third-order valence-corrected chi connectivity index (χ3v) is 9.41. The van der Waals surface area contributed by atoms with Crippen molar-refractivity contribution in [3.05, 3.63) is 65.7 Å². The maximum Gasteiger partial charge on any atom is 0.340 e. The summed E-state index contributed by atoms with van der Waals surface area (Å²) in [6.45, 7) is 5.31. The molecule has 1 atom stereocenters. The van der Waals surface area contributed by atoms with Crippen LogP contribution in [-0.4, -0.2) is 31.9 Å². The van der Waals surface area contributed by atoms with E-state index in [-0.39, 0.29) is 5.41 Å². The quantitative estimate of drug-likeness (QED) is 0.302. The molecule has 8 heteroatoms. The summed E-state index contributed by atoms with van der Waals surface area (Å²) in [7, 11) is -1.73. The molecule has 1 N–H and O–H groups in total. The van der Waals surface area contributed by atoms with Gasteiger partial charge in [-0.1, -0.05) is 32.0 Å². The molecule has 3 heterocycles. The largest absolute Gasteiger partial charge is 0.497 e. The number of ether oxygens (including phenoxy) is 1. The fourth-order valence-corrected chi connectivity index (χ4v) is 7.68. The van der Waals surface area contributed by atoms with Crippen molar-refractivity contribution in [2.45, 2.75) is 19.5 Å². The molecular weight excluding hydrogens is 455 g/mol. The Bertz CT molecular complexity index is 1340. The van der Waals surface area contributed by atoms with Crippen molar-refractivity contribution in [2.75, 3.05) is 32.2 Å². The lowest BCUT2D eigenvalue weighted by molar-refractivity contribution is 0.0384. The zero-order chi connectivity index (χ0) is 23.1. The van der Waals surface area contributed by atoms with Crippen LogP contribution in [0.1, 0.15) is 24.4 Å². The Morgan fingerprint density at radius 1 is 1.12 bits per heavy atom. The van der Waals surface area contributed by atoms with Crippen molar-refractivity contribution in [2.24, 2.45) is 5.41 Å². The van der Waals surface area contributed by atoms with E-state index in [9.17, 15) is 4.57 Å². The molecule has 1 fully saturated rings. The molecule has 1 unspecified atom stereocenters. The number of thiophene rings is 1. The van der Waals surface area contributed by atoms with Gasteiger partial charge in [0.05, 0.1) is 37.7 Å². The molecule has 0 amide bonds. The highest BCUT2D eigenvalue weighted by Gasteiger charge is 2.44. The molecule has 1 saturated heterocycles. The summed E-state index contributed by atoms with van der Waals surface area (Å²) in [6.07, 6.45) is 1.80. The number of nitrogens with one attached hydrogen (secondary N) is 1. The van der Waals surface area contributed by atoms with Crippen LogP contribution in [0.3, 0.4) is 0 Å². The molecule has 0 bridgehead atoms. The average molecular weight is 483 g/mol. The summed E-state index contributed by atoms with van der Waals surface area (Å²) in [5, 5.41) is 5.56. The highest BCUT2D eigenvalue weighted by atomic mass is 32.1. The molecular formula is C25H27N2O4PS. The first-order valence-corrected chi connectivity index (χ1v) is 13.3. The van der Waals surface area contributed by atoms with Crippen LogP contribution in [0, 0.1) is 5.41 Å². The summed E-state index contributed by atoms with van der Waals surface area (Å²) in [5.41, 5.74) is 1.20. The number of pyridine rings is 1. The van der Waals surface area contributed by atoms with Crippen molar-refractivity contribution in [3.63, 3.8) is 0 Å². The maximum atomic E-state index is 13.9. The van der Waals surface area contributed by atoms with Gasteiger partial charge in [0.25, 0.3) is 0 Å². The van der Waals surface area contributed by atoms with Crippen LogP contribution in [0.4, 0.5) is 5.69 Å². The predicted molar refractivity (Wildman–Crippen MR) is 135 cm³/mol. The zero-order valence-corrected chi connectivity index (χ0v) is 20.6. The zero-order valence-electron chi connectivity index (χ0n) is 18.9. The Morgan fingerprint density at radius 2 is 1.91 bits per heavy atom. The van der Waals surface area contributed by atoms with Gasteiger partial charge in [0.15, 0.2) is 0 Å². The van der Waals surface area contributed by atoms with E-state index in [1.165, 1.54) is 0 Å². The van der Waals surface area contributed by atoms with Gasteiger partial charge >= 0.3 is 7.60 Å². The maximum absolute atomic E-state index is 13.9. The minimum Gasteiger partial charge on any atom is -0.497 e. The molecule has 0 aliphatic carbocycles. The average Bonchev–Trinajstić information content (AvgIpc) is 3.24. The summed E-state index contributed by atoms with van der Waals surface area (Å²) in [4.78, 5) is 5.49. The van der Waals surface area contributed by atoms with Gasteiger partial charge in [-0.25, -0.2) is 0 Å². The summed E-state index contributed by atoms with van der Waals surface area (Å²) >= 11 is 1.60. The number of benzene rings is 2. The van der Waals surface area contributed by atoms with Crippen molar-refractivity contribution in [3.8, 4) is 5.75 Å².